The van der Waals surface area contributed by atoms with E-state index >= 15 is 0 Å². The van der Waals surface area contributed by atoms with Gasteiger partial charge in [0.1, 0.15) is 0 Å². The van der Waals surface area contributed by atoms with Crippen molar-refractivity contribution in [2.45, 2.75) is 20.8 Å². The zero-order valence-corrected chi connectivity index (χ0v) is 7.89. The highest BCUT2D eigenvalue weighted by atomic mass is 14.6. The lowest BCUT2D eigenvalue weighted by Crippen LogP contribution is -1.94. The van der Waals surface area contributed by atoms with Gasteiger partial charge in [0.15, 0.2) is 0 Å². The monoisotopic (exact) mass is 161 g/mol. The molecule has 0 saturated carbocycles. The summed E-state index contributed by atoms with van der Waals surface area (Å²) < 4.78 is 0. The number of hydrogen-bond donors (Lipinski definition) is 1. The summed E-state index contributed by atoms with van der Waals surface area (Å²) in [6, 6.07) is 8.39. The molecule has 0 aliphatic rings. The molecule has 1 nitrogen and oxygen atoms in total. The van der Waals surface area contributed by atoms with Gasteiger partial charge < -0.3 is 5.73 Å². The fourth-order valence-electron chi connectivity index (χ4n) is 1.03. The summed E-state index contributed by atoms with van der Waals surface area (Å²) in [7, 11) is 0. The van der Waals surface area contributed by atoms with Crippen molar-refractivity contribution in [3.8, 4) is 0 Å². The lowest BCUT2D eigenvalue weighted by Gasteiger charge is -2.03. The van der Waals surface area contributed by atoms with Crippen molar-refractivity contribution >= 4 is 5.57 Å². The Morgan fingerprint density at radius 1 is 1.08 bits per heavy atom. The normalized spacial score (nSPS) is 12.6. The van der Waals surface area contributed by atoms with E-state index in [0.717, 1.165) is 11.3 Å². The third-order valence-electron chi connectivity index (χ3n) is 2.08. The molecule has 1 aromatic rings. The first kappa shape index (κ1) is 8.85. The van der Waals surface area contributed by atoms with Crippen molar-refractivity contribution in [2.75, 3.05) is 0 Å². The number of rotatable bonds is 1. The standard InChI is InChI=1S/C11H15N/c1-8-4-6-11(7-5-8)9(2)10(3)12/h4-7H,12H2,1-3H3/b10-9+. The maximum Gasteiger partial charge on any atom is 0.00846 e. The van der Waals surface area contributed by atoms with Crippen LogP contribution in [0.4, 0.5) is 0 Å². The fourth-order valence-corrected chi connectivity index (χ4v) is 1.03. The summed E-state index contributed by atoms with van der Waals surface area (Å²) in [6.45, 7) is 6.05. The van der Waals surface area contributed by atoms with Crippen LogP contribution in [0.1, 0.15) is 25.0 Å². The SMILES string of the molecule is C/C(N)=C(/C)c1ccc(C)cc1. The molecule has 0 aliphatic carbocycles. The number of nitrogens with two attached hydrogens (primary N) is 1. The molecule has 1 heteroatoms. The van der Waals surface area contributed by atoms with Gasteiger partial charge in [-0.2, -0.15) is 0 Å². The van der Waals surface area contributed by atoms with Gasteiger partial charge in [-0.1, -0.05) is 29.8 Å². The van der Waals surface area contributed by atoms with Crippen molar-refractivity contribution < 1.29 is 0 Å². The number of hydrogen-bond acceptors (Lipinski definition) is 1. The number of allylic oxidation sites excluding steroid dienone is 2. The summed E-state index contributed by atoms with van der Waals surface area (Å²) in [5, 5.41) is 0. The molecule has 0 bridgehead atoms. The molecule has 0 saturated heterocycles. The summed E-state index contributed by atoms with van der Waals surface area (Å²) in [4.78, 5) is 0. The largest absolute Gasteiger partial charge is 0.402 e. The highest BCUT2D eigenvalue weighted by molar-refractivity contribution is 5.65. The van der Waals surface area contributed by atoms with Gasteiger partial charge >= 0.3 is 0 Å². The van der Waals surface area contributed by atoms with Crippen molar-refractivity contribution in [1.29, 1.82) is 0 Å². The van der Waals surface area contributed by atoms with E-state index in [0.29, 0.717) is 0 Å². The summed E-state index contributed by atoms with van der Waals surface area (Å²) in [5.41, 5.74) is 10.2. The Labute approximate surface area is 73.9 Å². The van der Waals surface area contributed by atoms with Crippen LogP contribution in [0.15, 0.2) is 30.0 Å². The van der Waals surface area contributed by atoms with Crippen LogP contribution in [0, 0.1) is 6.92 Å². The molecular weight excluding hydrogens is 146 g/mol. The topological polar surface area (TPSA) is 26.0 Å². The fraction of sp³-hybridized carbons (Fsp3) is 0.273. The van der Waals surface area contributed by atoms with Crippen molar-refractivity contribution in [2.24, 2.45) is 5.73 Å². The summed E-state index contributed by atoms with van der Waals surface area (Å²) in [5.74, 6) is 0. The molecular formula is C11H15N. The third-order valence-corrected chi connectivity index (χ3v) is 2.08. The Kier molecular flexibility index (Phi) is 2.54. The van der Waals surface area contributed by atoms with Crippen LogP contribution in [0.5, 0.6) is 0 Å². The second kappa shape index (κ2) is 3.44. The number of aryl methyl sites for hydroxylation is 1. The second-order valence-electron chi connectivity index (χ2n) is 3.17. The quantitative estimate of drug-likeness (QED) is 0.673. The Morgan fingerprint density at radius 2 is 1.58 bits per heavy atom. The molecule has 12 heavy (non-hydrogen) atoms. The van der Waals surface area contributed by atoms with Gasteiger partial charge in [0.05, 0.1) is 0 Å². The van der Waals surface area contributed by atoms with E-state index in [1.54, 1.807) is 0 Å². The van der Waals surface area contributed by atoms with Crippen LogP contribution in [-0.2, 0) is 0 Å². The minimum atomic E-state index is 0.888. The van der Waals surface area contributed by atoms with Crippen LogP contribution >= 0.6 is 0 Å². The Balaban J connectivity index is 3.06. The van der Waals surface area contributed by atoms with Gasteiger partial charge in [-0.15, -0.1) is 0 Å². The molecule has 0 fully saturated rings. The maximum absolute atomic E-state index is 5.69. The van der Waals surface area contributed by atoms with Crippen LogP contribution in [0.2, 0.25) is 0 Å². The first-order valence-corrected chi connectivity index (χ1v) is 4.11. The zero-order chi connectivity index (χ0) is 9.14. The van der Waals surface area contributed by atoms with E-state index in [-0.39, 0.29) is 0 Å². The molecule has 2 N–H and O–H groups in total. The smallest absolute Gasteiger partial charge is 0.00846 e. The summed E-state index contributed by atoms with van der Waals surface area (Å²) >= 11 is 0. The molecule has 1 aromatic carbocycles. The lowest BCUT2D eigenvalue weighted by molar-refractivity contribution is 1.30. The van der Waals surface area contributed by atoms with Gasteiger partial charge in [0.2, 0.25) is 0 Å². The molecule has 0 aromatic heterocycles. The van der Waals surface area contributed by atoms with Crippen LogP contribution in [-0.4, -0.2) is 0 Å². The van der Waals surface area contributed by atoms with Gasteiger partial charge in [-0.3, -0.25) is 0 Å². The van der Waals surface area contributed by atoms with E-state index in [2.05, 4.69) is 31.2 Å². The Hall–Kier alpha value is -1.24. The highest BCUT2D eigenvalue weighted by Crippen LogP contribution is 2.15. The van der Waals surface area contributed by atoms with E-state index < -0.39 is 0 Å². The first-order chi connectivity index (χ1) is 5.61. The minimum absolute atomic E-state index is 0.888. The second-order valence-corrected chi connectivity index (χ2v) is 3.17. The van der Waals surface area contributed by atoms with Gasteiger partial charge in [0, 0.05) is 5.70 Å². The first-order valence-electron chi connectivity index (χ1n) is 4.11. The molecule has 0 aliphatic heterocycles. The molecule has 0 spiro atoms. The lowest BCUT2D eigenvalue weighted by atomic mass is 10.0. The zero-order valence-electron chi connectivity index (χ0n) is 7.89. The highest BCUT2D eigenvalue weighted by Gasteiger charge is 1.96. The van der Waals surface area contributed by atoms with Crippen LogP contribution in [0.25, 0.3) is 5.57 Å². The van der Waals surface area contributed by atoms with Crippen LogP contribution in [0.3, 0.4) is 0 Å². The third kappa shape index (κ3) is 1.88. The molecule has 0 radical (unpaired) electrons. The average Bonchev–Trinajstić information content (AvgIpc) is 2.04. The predicted molar refractivity (Wildman–Crippen MR) is 53.6 cm³/mol. The molecule has 0 unspecified atom stereocenters. The van der Waals surface area contributed by atoms with Gasteiger partial charge in [-0.05, 0) is 31.9 Å². The molecule has 0 amide bonds. The van der Waals surface area contributed by atoms with Gasteiger partial charge in [0.25, 0.3) is 0 Å². The van der Waals surface area contributed by atoms with Crippen LogP contribution < -0.4 is 5.73 Å². The average molecular weight is 161 g/mol. The van der Waals surface area contributed by atoms with Crippen molar-refractivity contribution in [3.63, 3.8) is 0 Å². The van der Waals surface area contributed by atoms with Crippen molar-refractivity contribution in [3.05, 3.63) is 41.1 Å². The minimum Gasteiger partial charge on any atom is -0.402 e. The Bertz CT molecular complexity index is 289. The van der Waals surface area contributed by atoms with E-state index in [1.807, 2.05) is 13.8 Å². The molecule has 64 valence electrons. The van der Waals surface area contributed by atoms with E-state index in [1.165, 1.54) is 11.1 Å². The molecule has 1 rings (SSSR count). The molecule has 0 atom stereocenters. The number of benzene rings is 1. The van der Waals surface area contributed by atoms with Crippen molar-refractivity contribution in [1.82, 2.24) is 0 Å². The van der Waals surface area contributed by atoms with E-state index in [4.69, 9.17) is 5.73 Å². The Morgan fingerprint density at radius 3 is 2.00 bits per heavy atom. The summed E-state index contributed by atoms with van der Waals surface area (Å²) in [6.07, 6.45) is 0. The molecule has 0 heterocycles. The van der Waals surface area contributed by atoms with Gasteiger partial charge in [-0.25, -0.2) is 0 Å². The maximum atomic E-state index is 5.69. The van der Waals surface area contributed by atoms with E-state index in [9.17, 15) is 0 Å². The predicted octanol–water partition coefficient (Wildman–Crippen LogP) is 2.70.